The third-order valence-corrected chi connectivity index (χ3v) is 7.51. The molecule has 3 rings (SSSR count). The minimum absolute atomic E-state index is 0.0452. The minimum atomic E-state index is -0.819. The summed E-state index contributed by atoms with van der Waals surface area (Å²) in [5.41, 5.74) is 1.13. The topological polar surface area (TPSA) is 128 Å². The summed E-state index contributed by atoms with van der Waals surface area (Å²) in [5.74, 6) is -1.14. The second kappa shape index (κ2) is 14.9. The first-order valence-corrected chi connectivity index (χ1v) is 14.5. The van der Waals surface area contributed by atoms with Gasteiger partial charge in [-0.3, -0.25) is 19.7 Å². The number of carbonyl (C=O) groups is 3. The van der Waals surface area contributed by atoms with E-state index in [0.717, 1.165) is 18.4 Å². The van der Waals surface area contributed by atoms with Gasteiger partial charge < -0.3 is 19.7 Å². The van der Waals surface area contributed by atoms with E-state index in [1.165, 1.54) is 19.2 Å². The number of benzene rings is 2. The van der Waals surface area contributed by atoms with E-state index in [-0.39, 0.29) is 36.3 Å². The normalized spacial score (nSPS) is 17.3. The number of hydrogen-bond donors (Lipinski definition) is 1. The van der Waals surface area contributed by atoms with Crippen LogP contribution in [0.3, 0.4) is 0 Å². The third kappa shape index (κ3) is 9.37. The van der Waals surface area contributed by atoms with E-state index in [1.54, 1.807) is 24.0 Å². The molecule has 2 aromatic rings. The molecule has 1 aliphatic heterocycles. The molecule has 2 aromatic carbocycles. The predicted octanol–water partition coefficient (Wildman–Crippen LogP) is 5.26. The van der Waals surface area contributed by atoms with Crippen molar-refractivity contribution in [1.29, 1.82) is 0 Å². The van der Waals surface area contributed by atoms with Crippen molar-refractivity contribution in [1.82, 2.24) is 10.2 Å². The molecule has 1 unspecified atom stereocenters. The average molecular weight is 582 g/mol. The number of hydrogen-bond acceptors (Lipinski definition) is 7. The van der Waals surface area contributed by atoms with Crippen LogP contribution in [0.4, 0.5) is 10.5 Å². The monoisotopic (exact) mass is 581 g/mol. The van der Waals surface area contributed by atoms with Gasteiger partial charge in [0.15, 0.2) is 5.78 Å². The molecule has 0 bridgehead atoms. The Balaban J connectivity index is 1.73. The van der Waals surface area contributed by atoms with E-state index in [1.807, 2.05) is 51.1 Å². The van der Waals surface area contributed by atoms with Gasteiger partial charge in [0.25, 0.3) is 5.69 Å². The maximum atomic E-state index is 13.6. The zero-order chi connectivity index (χ0) is 30.9. The molecule has 0 aromatic heterocycles. The molecule has 1 N–H and O–H groups in total. The standard InChI is InChI=1S/C32H43N3O7/c1-22(29(41-5)27-14-10-20-34(27)31(38)42-32(2,3)4)30(37)33-26(21-24-16-18-25(19-17-24)35(39)40)28(36)15-9-13-23-11-7-6-8-12-23/h6-8,11-12,16-19,22,26-27,29H,9-10,13-15,20-21H2,1-5H3,(H,33,37)/t22-,26?,27+,29-/m1/s1. The molecule has 1 fully saturated rings. The Bertz CT molecular complexity index is 1210. The van der Waals surface area contributed by atoms with Crippen LogP contribution in [0.25, 0.3) is 0 Å². The molecule has 2 amide bonds. The van der Waals surface area contributed by atoms with Gasteiger partial charge in [0.2, 0.25) is 5.91 Å². The fraction of sp³-hybridized carbons (Fsp3) is 0.531. The van der Waals surface area contributed by atoms with Gasteiger partial charge in [0.05, 0.1) is 29.0 Å². The molecule has 0 radical (unpaired) electrons. The molecule has 1 heterocycles. The lowest BCUT2D eigenvalue weighted by molar-refractivity contribution is -0.384. The molecule has 42 heavy (non-hydrogen) atoms. The predicted molar refractivity (Wildman–Crippen MR) is 159 cm³/mol. The summed E-state index contributed by atoms with van der Waals surface area (Å²) in [6, 6.07) is 14.7. The molecule has 10 heteroatoms. The number of carbonyl (C=O) groups excluding carboxylic acids is 3. The first-order chi connectivity index (χ1) is 19.9. The number of non-ortho nitro benzene ring substituents is 1. The lowest BCUT2D eigenvalue weighted by atomic mass is 9.93. The van der Waals surface area contributed by atoms with Gasteiger partial charge >= 0.3 is 6.09 Å². The van der Waals surface area contributed by atoms with Crippen molar-refractivity contribution < 1.29 is 28.8 Å². The summed E-state index contributed by atoms with van der Waals surface area (Å²) in [4.78, 5) is 52.1. The zero-order valence-corrected chi connectivity index (χ0v) is 25.2. The molecule has 10 nitrogen and oxygen atoms in total. The number of rotatable bonds is 13. The number of likely N-dealkylation sites (tertiary alicyclic amines) is 1. The van der Waals surface area contributed by atoms with Crippen LogP contribution in [0.15, 0.2) is 54.6 Å². The summed E-state index contributed by atoms with van der Waals surface area (Å²) >= 11 is 0. The summed E-state index contributed by atoms with van der Waals surface area (Å²) in [7, 11) is 1.52. The number of amides is 2. The van der Waals surface area contributed by atoms with E-state index in [0.29, 0.717) is 24.9 Å². The maximum absolute atomic E-state index is 13.6. The number of Topliss-reactive ketones (excluding diaryl/α,β-unsaturated/α-hetero) is 1. The van der Waals surface area contributed by atoms with Crippen molar-refractivity contribution in [3.05, 3.63) is 75.8 Å². The molecular formula is C32H43N3O7. The van der Waals surface area contributed by atoms with Gasteiger partial charge in [-0.1, -0.05) is 49.4 Å². The van der Waals surface area contributed by atoms with Crippen LogP contribution in [0, 0.1) is 16.0 Å². The number of nitro benzene ring substituents is 1. The van der Waals surface area contributed by atoms with E-state index in [9.17, 15) is 24.5 Å². The van der Waals surface area contributed by atoms with Crippen LogP contribution < -0.4 is 5.32 Å². The summed E-state index contributed by atoms with van der Waals surface area (Å²) in [5, 5.41) is 14.0. The van der Waals surface area contributed by atoms with Crippen molar-refractivity contribution in [2.24, 2.45) is 5.92 Å². The van der Waals surface area contributed by atoms with Crippen molar-refractivity contribution in [3.8, 4) is 0 Å². The van der Waals surface area contributed by atoms with Crippen LogP contribution in [0.5, 0.6) is 0 Å². The fourth-order valence-corrected chi connectivity index (χ4v) is 5.35. The fourth-order valence-electron chi connectivity index (χ4n) is 5.35. The number of ether oxygens (including phenoxy) is 2. The largest absolute Gasteiger partial charge is 0.444 e. The summed E-state index contributed by atoms with van der Waals surface area (Å²) in [6.07, 6.45) is 2.21. The Morgan fingerprint density at radius 1 is 1.07 bits per heavy atom. The highest BCUT2D eigenvalue weighted by Gasteiger charge is 2.41. The van der Waals surface area contributed by atoms with Crippen LogP contribution in [-0.4, -0.2) is 65.1 Å². The van der Waals surface area contributed by atoms with Gasteiger partial charge in [0, 0.05) is 32.2 Å². The van der Waals surface area contributed by atoms with Crippen molar-refractivity contribution in [2.75, 3.05) is 13.7 Å². The molecule has 0 spiro atoms. The second-order valence-corrected chi connectivity index (χ2v) is 11.9. The number of nitrogens with zero attached hydrogens (tertiary/aromatic N) is 2. The molecule has 228 valence electrons. The van der Waals surface area contributed by atoms with Crippen molar-refractivity contribution in [2.45, 2.75) is 90.0 Å². The zero-order valence-electron chi connectivity index (χ0n) is 25.2. The Morgan fingerprint density at radius 3 is 2.33 bits per heavy atom. The minimum Gasteiger partial charge on any atom is -0.444 e. The summed E-state index contributed by atoms with van der Waals surface area (Å²) < 4.78 is 11.4. The summed E-state index contributed by atoms with van der Waals surface area (Å²) in [6.45, 7) is 7.67. The second-order valence-electron chi connectivity index (χ2n) is 11.9. The highest BCUT2D eigenvalue weighted by molar-refractivity contribution is 5.90. The number of nitro groups is 1. The smallest absolute Gasteiger partial charge is 0.410 e. The Labute approximate surface area is 247 Å². The lowest BCUT2D eigenvalue weighted by Crippen LogP contribution is -2.52. The SMILES string of the molecule is CO[C@H]([C@@H](C)C(=O)NC(Cc1ccc([N+](=O)[O-])cc1)C(=O)CCCc1ccccc1)[C@@H]1CCCN1C(=O)OC(C)(C)C. The van der Waals surface area contributed by atoms with Gasteiger partial charge in [0.1, 0.15) is 5.60 Å². The quantitative estimate of drug-likeness (QED) is 0.252. The molecule has 4 atom stereocenters. The number of nitrogens with one attached hydrogen (secondary N) is 1. The highest BCUT2D eigenvalue weighted by Crippen LogP contribution is 2.28. The Kier molecular flexibility index (Phi) is 11.6. The molecule has 0 saturated carbocycles. The van der Waals surface area contributed by atoms with Crippen LogP contribution in [0.1, 0.15) is 64.5 Å². The van der Waals surface area contributed by atoms with E-state index >= 15 is 0 Å². The van der Waals surface area contributed by atoms with Crippen LogP contribution in [-0.2, 0) is 31.9 Å². The van der Waals surface area contributed by atoms with Gasteiger partial charge in [-0.05, 0) is 64.0 Å². The van der Waals surface area contributed by atoms with Crippen LogP contribution >= 0.6 is 0 Å². The Hall–Kier alpha value is -3.79. The van der Waals surface area contributed by atoms with Crippen molar-refractivity contribution >= 4 is 23.5 Å². The Morgan fingerprint density at radius 2 is 1.74 bits per heavy atom. The number of ketones is 1. The van der Waals surface area contributed by atoms with E-state index in [4.69, 9.17) is 9.47 Å². The van der Waals surface area contributed by atoms with Gasteiger partial charge in [-0.25, -0.2) is 4.79 Å². The third-order valence-electron chi connectivity index (χ3n) is 7.51. The van der Waals surface area contributed by atoms with Crippen molar-refractivity contribution in [3.63, 3.8) is 0 Å². The number of methoxy groups -OCH3 is 1. The molecular weight excluding hydrogens is 538 g/mol. The average Bonchev–Trinajstić information content (AvgIpc) is 3.43. The van der Waals surface area contributed by atoms with Crippen LogP contribution in [0.2, 0.25) is 0 Å². The van der Waals surface area contributed by atoms with E-state index in [2.05, 4.69) is 5.32 Å². The van der Waals surface area contributed by atoms with E-state index < -0.39 is 34.7 Å². The number of aryl methyl sites for hydroxylation is 1. The lowest BCUT2D eigenvalue weighted by Gasteiger charge is -2.35. The maximum Gasteiger partial charge on any atom is 0.410 e. The molecule has 0 aliphatic carbocycles. The highest BCUT2D eigenvalue weighted by atomic mass is 16.6. The van der Waals surface area contributed by atoms with Gasteiger partial charge in [-0.2, -0.15) is 0 Å². The molecule has 1 saturated heterocycles. The first kappa shape index (κ1) is 32.7. The first-order valence-electron chi connectivity index (χ1n) is 14.5. The van der Waals surface area contributed by atoms with Gasteiger partial charge in [-0.15, -0.1) is 0 Å². The molecule has 1 aliphatic rings.